The molecule has 3 aromatic rings. The van der Waals surface area contributed by atoms with Crippen LogP contribution >= 0.6 is 11.6 Å². The highest BCUT2D eigenvalue weighted by Crippen LogP contribution is 2.20. The second kappa shape index (κ2) is 6.57. The van der Waals surface area contributed by atoms with E-state index in [9.17, 15) is 4.79 Å². The molecule has 118 valence electrons. The van der Waals surface area contributed by atoms with Crippen molar-refractivity contribution in [2.45, 2.75) is 26.9 Å². The monoisotopic (exact) mass is 326 g/mol. The lowest BCUT2D eigenvalue weighted by molar-refractivity contribution is 0.688. The third kappa shape index (κ3) is 3.31. The number of halogens is 1. The smallest absolute Gasteiger partial charge is 0.252 e. The molecule has 2 N–H and O–H groups in total. The average molecular weight is 327 g/mol. The Morgan fingerprint density at radius 3 is 2.48 bits per heavy atom. The number of H-pyrrole nitrogens is 1. The summed E-state index contributed by atoms with van der Waals surface area (Å²) in [6, 6.07) is 13.8. The zero-order chi connectivity index (χ0) is 16.4. The van der Waals surface area contributed by atoms with Crippen LogP contribution in [0.4, 0.5) is 0 Å². The van der Waals surface area contributed by atoms with Crippen molar-refractivity contribution >= 4 is 22.5 Å². The van der Waals surface area contributed by atoms with Gasteiger partial charge < -0.3 is 10.3 Å². The van der Waals surface area contributed by atoms with Crippen LogP contribution in [0.15, 0.2) is 47.3 Å². The van der Waals surface area contributed by atoms with Crippen LogP contribution in [-0.4, -0.2) is 4.98 Å². The van der Waals surface area contributed by atoms with Gasteiger partial charge in [0.1, 0.15) is 0 Å². The van der Waals surface area contributed by atoms with E-state index in [4.69, 9.17) is 11.6 Å². The van der Waals surface area contributed by atoms with E-state index in [1.165, 1.54) is 0 Å². The van der Waals surface area contributed by atoms with Crippen molar-refractivity contribution in [3.8, 4) is 0 Å². The molecule has 0 atom stereocenters. The molecule has 0 fully saturated rings. The SMILES string of the molecule is Cc1ccc(C)c2[nH]c(=O)c(CNCc3ccccc3Cl)cc12. The highest BCUT2D eigenvalue weighted by atomic mass is 35.5. The minimum atomic E-state index is -0.0436. The summed E-state index contributed by atoms with van der Waals surface area (Å²) in [5.41, 5.74) is 4.88. The fourth-order valence-electron chi connectivity index (χ4n) is 2.72. The van der Waals surface area contributed by atoms with Gasteiger partial charge in [-0.1, -0.05) is 41.9 Å². The molecule has 23 heavy (non-hydrogen) atoms. The van der Waals surface area contributed by atoms with E-state index in [2.05, 4.69) is 23.3 Å². The highest BCUT2D eigenvalue weighted by Gasteiger charge is 2.07. The maximum atomic E-state index is 12.3. The van der Waals surface area contributed by atoms with E-state index < -0.39 is 0 Å². The van der Waals surface area contributed by atoms with Gasteiger partial charge in [-0.15, -0.1) is 0 Å². The Balaban J connectivity index is 1.83. The molecule has 0 amide bonds. The van der Waals surface area contributed by atoms with Crippen LogP contribution in [0, 0.1) is 13.8 Å². The molecule has 3 rings (SSSR count). The molecule has 0 aliphatic heterocycles. The Morgan fingerprint density at radius 2 is 1.70 bits per heavy atom. The van der Waals surface area contributed by atoms with Crippen LogP contribution in [0.25, 0.3) is 10.9 Å². The van der Waals surface area contributed by atoms with Gasteiger partial charge in [-0.25, -0.2) is 0 Å². The first-order valence-electron chi connectivity index (χ1n) is 7.62. The number of aromatic nitrogens is 1. The molecule has 0 saturated carbocycles. The lowest BCUT2D eigenvalue weighted by Gasteiger charge is -2.09. The van der Waals surface area contributed by atoms with Crippen molar-refractivity contribution in [2.24, 2.45) is 0 Å². The Hall–Kier alpha value is -2.10. The summed E-state index contributed by atoms with van der Waals surface area (Å²) >= 11 is 6.15. The number of pyridine rings is 1. The van der Waals surface area contributed by atoms with Gasteiger partial charge in [0, 0.05) is 29.1 Å². The standard InChI is InChI=1S/C19H19ClN2O/c1-12-7-8-13(2)18-16(12)9-15(19(23)22-18)11-21-10-14-5-3-4-6-17(14)20/h3-9,21H,10-11H2,1-2H3,(H,22,23). The van der Waals surface area contributed by atoms with Gasteiger partial charge in [0.15, 0.2) is 0 Å². The summed E-state index contributed by atoms with van der Waals surface area (Å²) in [6.45, 7) is 5.20. The predicted molar refractivity (Wildman–Crippen MR) is 96.0 cm³/mol. The topological polar surface area (TPSA) is 44.9 Å². The second-order valence-corrected chi connectivity index (χ2v) is 6.21. The van der Waals surface area contributed by atoms with Gasteiger partial charge in [0.05, 0.1) is 5.52 Å². The van der Waals surface area contributed by atoms with Crippen molar-refractivity contribution in [1.82, 2.24) is 10.3 Å². The van der Waals surface area contributed by atoms with Gasteiger partial charge in [-0.3, -0.25) is 4.79 Å². The molecule has 0 aliphatic carbocycles. The minimum absolute atomic E-state index is 0.0436. The Morgan fingerprint density at radius 1 is 1.00 bits per heavy atom. The van der Waals surface area contributed by atoms with Crippen molar-refractivity contribution in [3.63, 3.8) is 0 Å². The maximum Gasteiger partial charge on any atom is 0.252 e. The summed E-state index contributed by atoms with van der Waals surface area (Å²) in [6.07, 6.45) is 0. The molecule has 0 spiro atoms. The number of aryl methyl sites for hydroxylation is 2. The summed E-state index contributed by atoms with van der Waals surface area (Å²) in [4.78, 5) is 15.3. The fraction of sp³-hybridized carbons (Fsp3) is 0.211. The molecule has 0 radical (unpaired) electrons. The fourth-order valence-corrected chi connectivity index (χ4v) is 2.93. The van der Waals surface area contributed by atoms with Gasteiger partial charge in [0.2, 0.25) is 0 Å². The normalized spacial score (nSPS) is 11.1. The lowest BCUT2D eigenvalue weighted by atomic mass is 10.0. The molecular formula is C19H19ClN2O. The van der Waals surface area contributed by atoms with Crippen molar-refractivity contribution in [1.29, 1.82) is 0 Å². The number of hydrogen-bond donors (Lipinski definition) is 2. The summed E-state index contributed by atoms with van der Waals surface area (Å²) in [7, 11) is 0. The van der Waals surface area contributed by atoms with Crippen LogP contribution in [-0.2, 0) is 13.1 Å². The van der Waals surface area contributed by atoms with Crippen LogP contribution in [0.2, 0.25) is 5.02 Å². The van der Waals surface area contributed by atoms with Gasteiger partial charge in [0.25, 0.3) is 5.56 Å². The average Bonchev–Trinajstić information content (AvgIpc) is 2.54. The van der Waals surface area contributed by atoms with Gasteiger partial charge in [-0.2, -0.15) is 0 Å². The first-order valence-corrected chi connectivity index (χ1v) is 8.00. The zero-order valence-corrected chi connectivity index (χ0v) is 14.0. The van der Waals surface area contributed by atoms with Crippen LogP contribution < -0.4 is 10.9 Å². The number of hydrogen-bond acceptors (Lipinski definition) is 2. The van der Waals surface area contributed by atoms with E-state index in [0.717, 1.165) is 38.2 Å². The van der Waals surface area contributed by atoms with E-state index in [1.54, 1.807) is 0 Å². The maximum absolute atomic E-state index is 12.3. The molecule has 0 bridgehead atoms. The van der Waals surface area contributed by atoms with Gasteiger partial charge >= 0.3 is 0 Å². The molecule has 0 aliphatic rings. The van der Waals surface area contributed by atoms with Crippen LogP contribution in [0.3, 0.4) is 0 Å². The molecule has 3 nitrogen and oxygen atoms in total. The number of nitrogens with one attached hydrogen (secondary N) is 2. The summed E-state index contributed by atoms with van der Waals surface area (Å²) in [5, 5.41) is 5.13. The Labute approximate surface area is 140 Å². The summed E-state index contributed by atoms with van der Waals surface area (Å²) < 4.78 is 0. The molecule has 2 aromatic carbocycles. The number of rotatable bonds is 4. The molecule has 1 heterocycles. The summed E-state index contributed by atoms with van der Waals surface area (Å²) in [5.74, 6) is 0. The zero-order valence-electron chi connectivity index (χ0n) is 13.2. The molecule has 0 unspecified atom stereocenters. The second-order valence-electron chi connectivity index (χ2n) is 5.81. The van der Waals surface area contributed by atoms with E-state index >= 15 is 0 Å². The molecule has 1 aromatic heterocycles. The van der Waals surface area contributed by atoms with E-state index in [-0.39, 0.29) is 5.56 Å². The number of fused-ring (bicyclic) bond motifs is 1. The lowest BCUT2D eigenvalue weighted by Crippen LogP contribution is -2.21. The minimum Gasteiger partial charge on any atom is -0.321 e. The Kier molecular flexibility index (Phi) is 4.51. The van der Waals surface area contributed by atoms with Crippen molar-refractivity contribution < 1.29 is 0 Å². The van der Waals surface area contributed by atoms with Crippen molar-refractivity contribution in [2.75, 3.05) is 0 Å². The third-order valence-corrected chi connectivity index (χ3v) is 4.48. The largest absolute Gasteiger partial charge is 0.321 e. The quantitative estimate of drug-likeness (QED) is 0.758. The third-order valence-electron chi connectivity index (χ3n) is 4.11. The number of aromatic amines is 1. The molecular weight excluding hydrogens is 308 g/mol. The van der Waals surface area contributed by atoms with E-state index in [0.29, 0.717) is 13.1 Å². The van der Waals surface area contributed by atoms with Crippen LogP contribution in [0.5, 0.6) is 0 Å². The first kappa shape index (κ1) is 15.8. The first-order chi connectivity index (χ1) is 11.1. The Bertz CT molecular complexity index is 915. The highest BCUT2D eigenvalue weighted by molar-refractivity contribution is 6.31. The molecule has 4 heteroatoms. The number of benzene rings is 2. The van der Waals surface area contributed by atoms with Crippen LogP contribution in [0.1, 0.15) is 22.3 Å². The molecule has 0 saturated heterocycles. The predicted octanol–water partition coefficient (Wildman–Crippen LogP) is 4.09. The van der Waals surface area contributed by atoms with Crippen molar-refractivity contribution in [3.05, 3.63) is 80.1 Å². The van der Waals surface area contributed by atoms with Gasteiger partial charge in [-0.05, 0) is 42.7 Å². The van der Waals surface area contributed by atoms with E-state index in [1.807, 2.05) is 43.3 Å².